The van der Waals surface area contributed by atoms with Crippen LogP contribution in [-0.2, 0) is 12.3 Å². The Balaban J connectivity index is 1.52. The lowest BCUT2D eigenvalue weighted by Crippen LogP contribution is -1.99. The fraction of sp³-hybridized carbons (Fsp3) is 0.167. The van der Waals surface area contributed by atoms with Crippen molar-refractivity contribution in [3.8, 4) is 29.1 Å². The highest BCUT2D eigenvalue weighted by atomic mass is 32.2. The van der Waals surface area contributed by atoms with E-state index in [4.69, 9.17) is 14.2 Å². The molecule has 1 aromatic carbocycles. The highest BCUT2D eigenvalue weighted by Gasteiger charge is 2.17. The second-order valence-electron chi connectivity index (χ2n) is 5.67. The smallest absolute Gasteiger partial charge is 0.258 e. The van der Waals surface area contributed by atoms with E-state index >= 15 is 0 Å². The van der Waals surface area contributed by atoms with Gasteiger partial charge in [-0.25, -0.2) is 4.39 Å². The van der Waals surface area contributed by atoms with Crippen LogP contribution in [0.25, 0.3) is 23.0 Å². The molecule has 0 N–H and O–H groups in total. The Bertz CT molecular complexity index is 1150. The monoisotopic (exact) mass is 396 g/mol. The molecular formula is C18H13FN6O2S. The predicted octanol–water partition coefficient (Wildman–Crippen LogP) is 3.91. The molecule has 0 aliphatic rings. The third-order valence-corrected chi connectivity index (χ3v) is 4.81. The molecule has 0 bridgehead atoms. The Morgan fingerprint density at radius 3 is 2.93 bits per heavy atom. The number of thioether (sulfide) groups is 1. The molecule has 140 valence electrons. The molecule has 8 nitrogen and oxygen atoms in total. The first-order valence-electron chi connectivity index (χ1n) is 8.31. The number of hydrogen-bond donors (Lipinski definition) is 0. The molecule has 0 saturated heterocycles. The van der Waals surface area contributed by atoms with Gasteiger partial charge in [0.1, 0.15) is 5.82 Å². The average Bonchev–Trinajstić information content (AvgIpc) is 3.45. The highest BCUT2D eigenvalue weighted by molar-refractivity contribution is 7.98. The maximum Gasteiger partial charge on any atom is 0.258 e. The quantitative estimate of drug-likeness (QED) is 0.452. The van der Waals surface area contributed by atoms with Crippen LogP contribution in [-0.4, -0.2) is 24.9 Å². The van der Waals surface area contributed by atoms with Crippen molar-refractivity contribution in [2.24, 2.45) is 0 Å². The summed E-state index contributed by atoms with van der Waals surface area (Å²) in [5, 5.41) is 22.0. The molecule has 0 saturated carbocycles. The van der Waals surface area contributed by atoms with Gasteiger partial charge in [0.05, 0.1) is 23.6 Å². The van der Waals surface area contributed by atoms with Crippen LogP contribution in [0, 0.1) is 17.1 Å². The van der Waals surface area contributed by atoms with Crippen molar-refractivity contribution in [1.29, 1.82) is 5.26 Å². The van der Waals surface area contributed by atoms with Gasteiger partial charge in [-0.15, -0.1) is 10.2 Å². The highest BCUT2D eigenvalue weighted by Crippen LogP contribution is 2.27. The molecule has 4 aromatic rings. The van der Waals surface area contributed by atoms with Gasteiger partial charge in [-0.2, -0.15) is 10.2 Å². The Labute approximate surface area is 163 Å². The van der Waals surface area contributed by atoms with Crippen LogP contribution in [0.2, 0.25) is 0 Å². The molecule has 0 aliphatic heterocycles. The molecule has 0 atom stereocenters. The lowest BCUT2D eigenvalue weighted by Gasteiger charge is -2.04. The van der Waals surface area contributed by atoms with E-state index in [0.717, 1.165) is 6.07 Å². The molecule has 0 unspecified atom stereocenters. The molecule has 3 heterocycles. The zero-order valence-electron chi connectivity index (χ0n) is 14.7. The SMILES string of the molecule is CCn1c(SCc2noc(-c3cc(F)cc(C#N)c3)n2)nnc1-c1ccco1. The van der Waals surface area contributed by atoms with E-state index in [0.29, 0.717) is 40.4 Å². The number of benzene rings is 1. The van der Waals surface area contributed by atoms with Crippen molar-refractivity contribution in [1.82, 2.24) is 24.9 Å². The van der Waals surface area contributed by atoms with Gasteiger partial charge in [0.2, 0.25) is 0 Å². The zero-order valence-corrected chi connectivity index (χ0v) is 15.5. The minimum Gasteiger partial charge on any atom is -0.461 e. The van der Waals surface area contributed by atoms with Crippen LogP contribution in [0.3, 0.4) is 0 Å². The van der Waals surface area contributed by atoms with Gasteiger partial charge >= 0.3 is 0 Å². The molecule has 28 heavy (non-hydrogen) atoms. The maximum absolute atomic E-state index is 13.6. The van der Waals surface area contributed by atoms with Gasteiger partial charge in [0.25, 0.3) is 5.89 Å². The van der Waals surface area contributed by atoms with Gasteiger partial charge in [-0.05, 0) is 37.3 Å². The number of furan rings is 1. The predicted molar refractivity (Wildman–Crippen MR) is 97.4 cm³/mol. The molecule has 10 heteroatoms. The minimum atomic E-state index is -0.537. The molecule has 3 aromatic heterocycles. The van der Waals surface area contributed by atoms with E-state index < -0.39 is 5.82 Å². The van der Waals surface area contributed by atoms with E-state index in [-0.39, 0.29) is 11.5 Å². The molecular weight excluding hydrogens is 383 g/mol. The Morgan fingerprint density at radius 1 is 1.29 bits per heavy atom. The van der Waals surface area contributed by atoms with Crippen LogP contribution in [0.5, 0.6) is 0 Å². The summed E-state index contributed by atoms with van der Waals surface area (Å²) in [6, 6.07) is 9.40. The van der Waals surface area contributed by atoms with E-state index in [2.05, 4.69) is 20.3 Å². The Hall–Kier alpha value is -3.45. The van der Waals surface area contributed by atoms with Crippen molar-refractivity contribution >= 4 is 11.8 Å². The topological polar surface area (TPSA) is 107 Å². The first-order valence-corrected chi connectivity index (χ1v) is 9.30. The van der Waals surface area contributed by atoms with Crippen molar-refractivity contribution in [3.63, 3.8) is 0 Å². The number of nitrogens with zero attached hydrogens (tertiary/aromatic N) is 6. The Kier molecular flexibility index (Phi) is 4.90. The number of hydrogen-bond acceptors (Lipinski definition) is 8. The van der Waals surface area contributed by atoms with Crippen LogP contribution >= 0.6 is 11.8 Å². The number of halogens is 1. The summed E-state index contributed by atoms with van der Waals surface area (Å²) in [4.78, 5) is 4.27. The van der Waals surface area contributed by atoms with Gasteiger partial charge in [0, 0.05) is 12.1 Å². The fourth-order valence-electron chi connectivity index (χ4n) is 2.61. The second-order valence-corrected chi connectivity index (χ2v) is 6.62. The third-order valence-electron chi connectivity index (χ3n) is 3.85. The standard InChI is InChI=1S/C18H13FN6O2S/c1-2-25-16(14-4-3-5-26-14)22-23-18(25)28-10-15-21-17(27-24-15)12-6-11(9-20)7-13(19)8-12/h3-8H,2,10H2,1H3. The fourth-order valence-corrected chi connectivity index (χ4v) is 3.45. The van der Waals surface area contributed by atoms with Crippen LogP contribution in [0.1, 0.15) is 18.3 Å². The second kappa shape index (κ2) is 7.66. The van der Waals surface area contributed by atoms with E-state index in [1.165, 1.54) is 23.9 Å². The molecule has 0 spiro atoms. The summed E-state index contributed by atoms with van der Waals surface area (Å²) in [7, 11) is 0. The summed E-state index contributed by atoms with van der Waals surface area (Å²) in [6.45, 7) is 2.66. The number of rotatable bonds is 6. The maximum atomic E-state index is 13.6. The molecule has 0 amide bonds. The van der Waals surface area contributed by atoms with Crippen LogP contribution in [0.15, 0.2) is 50.7 Å². The summed E-state index contributed by atoms with van der Waals surface area (Å²) in [6.07, 6.45) is 1.59. The summed E-state index contributed by atoms with van der Waals surface area (Å²) in [5.74, 6) is 1.72. The van der Waals surface area contributed by atoms with Crippen molar-refractivity contribution in [2.75, 3.05) is 0 Å². The first-order chi connectivity index (χ1) is 13.7. The van der Waals surface area contributed by atoms with E-state index in [9.17, 15) is 4.39 Å². The lowest BCUT2D eigenvalue weighted by atomic mass is 10.1. The van der Waals surface area contributed by atoms with Crippen molar-refractivity contribution < 1.29 is 13.3 Å². The van der Waals surface area contributed by atoms with E-state index in [1.807, 2.05) is 23.6 Å². The molecule has 0 aliphatic carbocycles. The normalized spacial score (nSPS) is 10.9. The van der Waals surface area contributed by atoms with Crippen molar-refractivity contribution in [2.45, 2.75) is 24.4 Å². The summed E-state index contributed by atoms with van der Waals surface area (Å²) in [5.41, 5.74) is 0.544. The molecule has 0 fully saturated rings. The molecule has 0 radical (unpaired) electrons. The summed E-state index contributed by atoms with van der Waals surface area (Å²) < 4.78 is 26.1. The lowest BCUT2D eigenvalue weighted by molar-refractivity contribution is 0.425. The van der Waals surface area contributed by atoms with E-state index in [1.54, 1.807) is 12.3 Å². The largest absolute Gasteiger partial charge is 0.461 e. The Morgan fingerprint density at radius 2 is 2.18 bits per heavy atom. The minimum absolute atomic E-state index is 0.153. The number of nitriles is 1. The third kappa shape index (κ3) is 3.52. The zero-order chi connectivity index (χ0) is 19.5. The average molecular weight is 396 g/mol. The van der Waals surface area contributed by atoms with Gasteiger partial charge in [-0.1, -0.05) is 16.9 Å². The van der Waals surface area contributed by atoms with Crippen LogP contribution < -0.4 is 0 Å². The van der Waals surface area contributed by atoms with Gasteiger partial charge in [0.15, 0.2) is 22.6 Å². The summed E-state index contributed by atoms with van der Waals surface area (Å²) >= 11 is 1.40. The number of aromatic nitrogens is 5. The van der Waals surface area contributed by atoms with Gasteiger partial charge < -0.3 is 8.94 Å². The molecule has 4 rings (SSSR count). The first kappa shape index (κ1) is 17.9. The van der Waals surface area contributed by atoms with Crippen molar-refractivity contribution in [3.05, 3.63) is 53.8 Å². The van der Waals surface area contributed by atoms with Gasteiger partial charge in [-0.3, -0.25) is 4.57 Å². The van der Waals surface area contributed by atoms with Crippen LogP contribution in [0.4, 0.5) is 4.39 Å².